The molecule has 0 amide bonds. The maximum Gasteiger partial charge on any atom is 0.0709 e. The second kappa shape index (κ2) is 17.5. The molecule has 0 saturated carbocycles. The topological polar surface area (TPSA) is 32.3 Å². The largest absolute Gasteiger partial charge is 0.311 e. The Morgan fingerprint density at radius 2 is 0.636 bits per heavy atom. The van der Waals surface area contributed by atoms with Gasteiger partial charge < -0.3 is 9.80 Å². The van der Waals surface area contributed by atoms with Crippen molar-refractivity contribution < 1.29 is 0 Å². The maximum absolute atomic E-state index is 5.01. The van der Waals surface area contributed by atoms with Crippen molar-refractivity contribution in [2.75, 3.05) is 9.80 Å². The molecule has 66 heavy (non-hydrogen) atoms. The first kappa shape index (κ1) is 40.2. The fourth-order valence-corrected chi connectivity index (χ4v) is 9.11. The van der Waals surface area contributed by atoms with Gasteiger partial charge in [0, 0.05) is 57.6 Å². The third-order valence-electron chi connectivity index (χ3n) is 12.5. The van der Waals surface area contributed by atoms with E-state index in [0.29, 0.717) is 0 Å². The normalized spacial score (nSPS) is 11.2. The highest BCUT2D eigenvalue weighted by atomic mass is 15.2. The number of rotatable bonds is 10. The van der Waals surface area contributed by atoms with Crippen LogP contribution < -0.4 is 9.80 Å². The van der Waals surface area contributed by atoms with Crippen LogP contribution in [0.25, 0.3) is 66.3 Å². The zero-order chi connectivity index (χ0) is 44.4. The van der Waals surface area contributed by atoms with Crippen LogP contribution in [0.3, 0.4) is 0 Å². The van der Waals surface area contributed by atoms with Gasteiger partial charge in [0.05, 0.1) is 11.4 Å². The van der Waals surface area contributed by atoms with Gasteiger partial charge >= 0.3 is 0 Å². The Morgan fingerprint density at radius 3 is 1.08 bits per heavy atom. The van der Waals surface area contributed by atoms with Gasteiger partial charge in [-0.1, -0.05) is 133 Å². The van der Waals surface area contributed by atoms with Gasteiger partial charge in [-0.3, -0.25) is 9.97 Å². The number of benzene rings is 9. The number of para-hydroxylation sites is 2. The van der Waals surface area contributed by atoms with Crippen LogP contribution in [0.1, 0.15) is 11.1 Å². The zero-order valence-electron chi connectivity index (χ0n) is 36.9. The summed E-state index contributed by atoms with van der Waals surface area (Å²) in [6.07, 6.45) is 4.00. The quantitative estimate of drug-likeness (QED) is 0.137. The van der Waals surface area contributed by atoms with Gasteiger partial charge in [0.25, 0.3) is 0 Å². The first-order chi connectivity index (χ1) is 32.5. The number of hydrogen-bond acceptors (Lipinski definition) is 4. The number of pyridine rings is 2. The standard InChI is InChI=1S/C62H46N4/c1-43-41-63-61(39-59(43)49-29-27-45-15-9-11-17-47(45)35-49)51-19-13-25-57(37-51)66(56-33-31-55(32-34-56)65(53-21-5-3-6-22-53)54-23-7-4-8-24-54)58-26-14-20-52(38-58)62-40-60(44(2)42-64-62)50-30-28-46-16-10-12-18-48(46)36-50/h3-42H,1-2H3. The smallest absolute Gasteiger partial charge is 0.0709 e. The van der Waals surface area contributed by atoms with Crippen LogP contribution in [0.2, 0.25) is 0 Å². The summed E-state index contributed by atoms with van der Waals surface area (Å²) in [5.41, 5.74) is 17.2. The molecule has 0 aliphatic heterocycles. The number of anilines is 6. The molecule has 4 nitrogen and oxygen atoms in total. The lowest BCUT2D eigenvalue weighted by molar-refractivity contribution is 1.24. The first-order valence-corrected chi connectivity index (χ1v) is 22.5. The SMILES string of the molecule is Cc1cnc(-c2cccc(N(c3ccc(N(c4ccccc4)c4ccccc4)cc3)c3cccc(-c4cc(-c5ccc6ccccc6c5)c(C)cn4)c3)c2)cc1-c1ccc2ccccc2c1. The number of hydrogen-bond donors (Lipinski definition) is 0. The summed E-state index contributed by atoms with van der Waals surface area (Å²) in [5, 5.41) is 4.91. The molecule has 11 rings (SSSR count). The molecule has 0 radical (unpaired) electrons. The monoisotopic (exact) mass is 846 g/mol. The van der Waals surface area contributed by atoms with Crippen molar-refractivity contribution in [1.82, 2.24) is 9.97 Å². The highest BCUT2D eigenvalue weighted by molar-refractivity contribution is 5.91. The van der Waals surface area contributed by atoms with Gasteiger partial charge in [-0.2, -0.15) is 0 Å². The fourth-order valence-electron chi connectivity index (χ4n) is 9.11. The van der Waals surface area contributed by atoms with Crippen LogP contribution in [0, 0.1) is 13.8 Å². The molecule has 4 heteroatoms. The van der Waals surface area contributed by atoms with E-state index in [9.17, 15) is 0 Å². The van der Waals surface area contributed by atoms with E-state index in [2.05, 4.69) is 254 Å². The predicted molar refractivity (Wildman–Crippen MR) is 278 cm³/mol. The Labute approximate surface area is 386 Å². The van der Waals surface area contributed by atoms with Crippen molar-refractivity contribution in [1.29, 1.82) is 0 Å². The van der Waals surface area contributed by atoms with E-state index < -0.39 is 0 Å². The number of fused-ring (bicyclic) bond motifs is 2. The maximum atomic E-state index is 5.01. The van der Waals surface area contributed by atoms with Crippen molar-refractivity contribution in [2.24, 2.45) is 0 Å². The summed E-state index contributed by atoms with van der Waals surface area (Å²) in [6.45, 7) is 4.28. The fraction of sp³-hybridized carbons (Fsp3) is 0.0323. The lowest BCUT2D eigenvalue weighted by Gasteiger charge is -2.29. The molecule has 0 unspecified atom stereocenters. The van der Waals surface area contributed by atoms with E-state index in [4.69, 9.17) is 9.97 Å². The summed E-state index contributed by atoms with van der Waals surface area (Å²) in [6, 6.07) is 82.3. The van der Waals surface area contributed by atoms with Crippen molar-refractivity contribution in [2.45, 2.75) is 13.8 Å². The molecule has 0 aliphatic carbocycles. The zero-order valence-corrected chi connectivity index (χ0v) is 36.9. The van der Waals surface area contributed by atoms with Gasteiger partial charge in [0.15, 0.2) is 0 Å². The molecule has 314 valence electrons. The van der Waals surface area contributed by atoms with Gasteiger partial charge in [0.2, 0.25) is 0 Å². The lowest BCUT2D eigenvalue weighted by atomic mass is 9.97. The van der Waals surface area contributed by atoms with Gasteiger partial charge in [-0.25, -0.2) is 0 Å². The highest BCUT2D eigenvalue weighted by Gasteiger charge is 2.19. The second-order valence-corrected chi connectivity index (χ2v) is 16.9. The molecular weight excluding hydrogens is 801 g/mol. The molecule has 0 bridgehead atoms. The Kier molecular flexibility index (Phi) is 10.7. The molecule has 0 spiro atoms. The Hall–Kier alpha value is -8.60. The predicted octanol–water partition coefficient (Wildman–Crippen LogP) is 17.0. The number of aryl methyl sites for hydroxylation is 2. The number of nitrogens with zero attached hydrogens (tertiary/aromatic N) is 4. The van der Waals surface area contributed by atoms with E-state index in [0.717, 1.165) is 67.8 Å². The van der Waals surface area contributed by atoms with Crippen molar-refractivity contribution in [3.05, 3.63) is 254 Å². The molecule has 2 heterocycles. The van der Waals surface area contributed by atoms with Crippen LogP contribution in [0.5, 0.6) is 0 Å². The van der Waals surface area contributed by atoms with Crippen LogP contribution in [-0.4, -0.2) is 9.97 Å². The van der Waals surface area contributed by atoms with Crippen LogP contribution in [0.4, 0.5) is 34.1 Å². The summed E-state index contributed by atoms with van der Waals surface area (Å²) in [4.78, 5) is 14.6. The van der Waals surface area contributed by atoms with E-state index in [1.165, 1.54) is 43.8 Å². The summed E-state index contributed by atoms with van der Waals surface area (Å²) in [5.74, 6) is 0. The molecule has 0 aliphatic rings. The number of aromatic nitrogens is 2. The Morgan fingerprint density at radius 1 is 0.273 bits per heavy atom. The van der Waals surface area contributed by atoms with Crippen LogP contribution in [0.15, 0.2) is 243 Å². The highest BCUT2D eigenvalue weighted by Crippen LogP contribution is 2.42. The van der Waals surface area contributed by atoms with Crippen LogP contribution >= 0.6 is 0 Å². The molecule has 0 fully saturated rings. The molecule has 0 saturated heterocycles. The molecule has 11 aromatic rings. The van der Waals surface area contributed by atoms with Gasteiger partial charge in [-0.15, -0.1) is 0 Å². The summed E-state index contributed by atoms with van der Waals surface area (Å²) >= 11 is 0. The summed E-state index contributed by atoms with van der Waals surface area (Å²) < 4.78 is 0. The Balaban J connectivity index is 1.01. The third-order valence-corrected chi connectivity index (χ3v) is 12.5. The molecular formula is C62H46N4. The first-order valence-electron chi connectivity index (χ1n) is 22.5. The van der Waals surface area contributed by atoms with E-state index in [1.807, 2.05) is 12.4 Å². The van der Waals surface area contributed by atoms with E-state index >= 15 is 0 Å². The molecule has 0 N–H and O–H groups in total. The average Bonchev–Trinajstić information content (AvgIpc) is 3.38. The van der Waals surface area contributed by atoms with E-state index in [1.54, 1.807) is 0 Å². The van der Waals surface area contributed by atoms with Crippen molar-refractivity contribution in [3.63, 3.8) is 0 Å². The second-order valence-electron chi connectivity index (χ2n) is 16.9. The lowest BCUT2D eigenvalue weighted by Crippen LogP contribution is -2.12. The minimum absolute atomic E-state index is 0.918. The Bertz CT molecular complexity index is 3300. The third kappa shape index (κ3) is 7.97. The van der Waals surface area contributed by atoms with E-state index in [-0.39, 0.29) is 0 Å². The molecule has 9 aromatic carbocycles. The molecule has 0 atom stereocenters. The summed E-state index contributed by atoms with van der Waals surface area (Å²) in [7, 11) is 0. The van der Waals surface area contributed by atoms with Gasteiger partial charge in [-0.05, 0) is 166 Å². The molecule has 2 aromatic heterocycles. The minimum atomic E-state index is 0.918. The van der Waals surface area contributed by atoms with Crippen molar-refractivity contribution in [3.8, 4) is 44.8 Å². The average molecular weight is 847 g/mol. The van der Waals surface area contributed by atoms with Crippen LogP contribution in [-0.2, 0) is 0 Å². The van der Waals surface area contributed by atoms with Gasteiger partial charge in [0.1, 0.15) is 0 Å². The van der Waals surface area contributed by atoms with Crippen molar-refractivity contribution >= 4 is 55.7 Å². The minimum Gasteiger partial charge on any atom is -0.311 e.